The minimum atomic E-state index is -0.563. The molecule has 1 amide bonds. The van der Waals surface area contributed by atoms with E-state index in [1.54, 1.807) is 12.4 Å². The standard InChI is InChI=1S/C18H21N5O2/c1-12(21-17(24)25-18(2,3)4)15-22-13-8-7-11-20-16(13)23(15)14-9-5-6-10-19-14/h5-12H,1-4H3,(H,21,24). The third-order valence-corrected chi connectivity index (χ3v) is 3.44. The number of imidazole rings is 1. The van der Waals surface area contributed by atoms with Crippen molar-refractivity contribution >= 4 is 17.3 Å². The van der Waals surface area contributed by atoms with E-state index in [4.69, 9.17) is 4.74 Å². The van der Waals surface area contributed by atoms with Crippen LogP contribution in [0.25, 0.3) is 17.0 Å². The third kappa shape index (κ3) is 3.76. The van der Waals surface area contributed by atoms with Crippen molar-refractivity contribution in [3.05, 3.63) is 48.5 Å². The monoisotopic (exact) mass is 339 g/mol. The van der Waals surface area contributed by atoms with Crippen LogP contribution in [0.2, 0.25) is 0 Å². The summed E-state index contributed by atoms with van der Waals surface area (Å²) in [6.45, 7) is 7.32. The SMILES string of the molecule is CC(NC(=O)OC(C)(C)C)c1nc2cccnc2n1-c1ccccn1. The highest BCUT2D eigenvalue weighted by Gasteiger charge is 2.23. The predicted octanol–water partition coefficient (Wildman–Crippen LogP) is 3.40. The molecule has 0 saturated carbocycles. The summed E-state index contributed by atoms with van der Waals surface area (Å²) in [4.78, 5) is 25.5. The highest BCUT2D eigenvalue weighted by molar-refractivity contribution is 5.74. The van der Waals surface area contributed by atoms with Crippen molar-refractivity contribution in [1.29, 1.82) is 0 Å². The van der Waals surface area contributed by atoms with Crippen molar-refractivity contribution in [1.82, 2.24) is 24.8 Å². The number of rotatable bonds is 3. The van der Waals surface area contributed by atoms with Gasteiger partial charge in [0.2, 0.25) is 0 Å². The first-order chi connectivity index (χ1) is 11.8. The van der Waals surface area contributed by atoms with Gasteiger partial charge in [0.25, 0.3) is 0 Å². The van der Waals surface area contributed by atoms with Gasteiger partial charge in [-0.3, -0.25) is 4.57 Å². The first-order valence-electron chi connectivity index (χ1n) is 8.09. The number of carbonyl (C=O) groups excluding carboxylic acids is 1. The Morgan fingerprint density at radius 1 is 1.16 bits per heavy atom. The van der Waals surface area contributed by atoms with Gasteiger partial charge in [-0.2, -0.15) is 0 Å². The Morgan fingerprint density at radius 3 is 2.60 bits per heavy atom. The molecule has 0 fully saturated rings. The first-order valence-corrected chi connectivity index (χ1v) is 8.09. The Labute approximate surface area is 146 Å². The number of alkyl carbamates (subject to hydrolysis) is 1. The molecule has 3 heterocycles. The Hall–Kier alpha value is -2.96. The molecule has 0 radical (unpaired) electrons. The second kappa shape index (κ2) is 6.51. The van der Waals surface area contributed by atoms with E-state index in [9.17, 15) is 4.79 Å². The van der Waals surface area contributed by atoms with Gasteiger partial charge in [0.05, 0.1) is 6.04 Å². The van der Waals surface area contributed by atoms with Crippen molar-refractivity contribution in [2.75, 3.05) is 0 Å². The second-order valence-corrected chi connectivity index (χ2v) is 6.71. The maximum absolute atomic E-state index is 12.1. The molecule has 0 aliphatic heterocycles. The average Bonchev–Trinajstić information content (AvgIpc) is 2.93. The number of aromatic nitrogens is 4. The zero-order valence-electron chi connectivity index (χ0n) is 14.7. The van der Waals surface area contributed by atoms with Crippen LogP contribution < -0.4 is 5.32 Å². The number of ether oxygens (including phenoxy) is 1. The van der Waals surface area contributed by atoms with Crippen molar-refractivity contribution in [3.8, 4) is 5.82 Å². The Bertz CT molecular complexity index is 883. The van der Waals surface area contributed by atoms with Crippen LogP contribution >= 0.6 is 0 Å². The van der Waals surface area contributed by atoms with E-state index in [0.717, 1.165) is 5.52 Å². The minimum absolute atomic E-state index is 0.383. The molecule has 1 N–H and O–H groups in total. The molecule has 25 heavy (non-hydrogen) atoms. The summed E-state index contributed by atoms with van der Waals surface area (Å²) in [7, 11) is 0. The zero-order valence-corrected chi connectivity index (χ0v) is 14.7. The highest BCUT2D eigenvalue weighted by atomic mass is 16.6. The summed E-state index contributed by atoms with van der Waals surface area (Å²) in [5, 5.41) is 2.82. The lowest BCUT2D eigenvalue weighted by Gasteiger charge is -2.22. The molecule has 130 valence electrons. The molecular weight excluding hydrogens is 318 g/mol. The largest absolute Gasteiger partial charge is 0.444 e. The van der Waals surface area contributed by atoms with Crippen LogP contribution in [-0.2, 0) is 4.74 Å². The Morgan fingerprint density at radius 2 is 1.92 bits per heavy atom. The summed E-state index contributed by atoms with van der Waals surface area (Å²) < 4.78 is 7.18. The van der Waals surface area contributed by atoms with Gasteiger partial charge in [0, 0.05) is 12.4 Å². The van der Waals surface area contributed by atoms with Crippen LogP contribution in [0.15, 0.2) is 42.7 Å². The van der Waals surface area contributed by atoms with Crippen molar-refractivity contribution in [2.45, 2.75) is 39.3 Å². The van der Waals surface area contributed by atoms with Crippen molar-refractivity contribution in [3.63, 3.8) is 0 Å². The lowest BCUT2D eigenvalue weighted by molar-refractivity contribution is 0.0505. The lowest BCUT2D eigenvalue weighted by atomic mass is 10.2. The van der Waals surface area contributed by atoms with Gasteiger partial charge in [-0.05, 0) is 52.0 Å². The van der Waals surface area contributed by atoms with Crippen molar-refractivity contribution in [2.24, 2.45) is 0 Å². The first kappa shape index (κ1) is 16.9. The topological polar surface area (TPSA) is 81.9 Å². The van der Waals surface area contributed by atoms with Crippen LogP contribution in [0.3, 0.4) is 0 Å². The molecule has 1 atom stereocenters. The summed E-state index contributed by atoms with van der Waals surface area (Å²) in [6, 6.07) is 8.94. The number of amides is 1. The molecule has 0 aliphatic carbocycles. The van der Waals surface area contributed by atoms with Crippen LogP contribution in [0.1, 0.15) is 39.6 Å². The number of nitrogens with one attached hydrogen (secondary N) is 1. The van der Waals surface area contributed by atoms with Crippen LogP contribution in [0.4, 0.5) is 4.79 Å². The van der Waals surface area contributed by atoms with E-state index in [0.29, 0.717) is 17.3 Å². The summed E-state index contributed by atoms with van der Waals surface area (Å²) >= 11 is 0. The third-order valence-electron chi connectivity index (χ3n) is 3.44. The molecule has 0 bridgehead atoms. The molecular formula is C18H21N5O2. The average molecular weight is 339 g/mol. The van der Waals surface area contributed by atoms with Crippen molar-refractivity contribution < 1.29 is 9.53 Å². The summed E-state index contributed by atoms with van der Waals surface area (Å²) in [6.07, 6.45) is 2.92. The van der Waals surface area contributed by atoms with Crippen LogP contribution in [0.5, 0.6) is 0 Å². The van der Waals surface area contributed by atoms with Gasteiger partial charge in [0.1, 0.15) is 22.8 Å². The van der Waals surface area contributed by atoms with Gasteiger partial charge in [0.15, 0.2) is 5.65 Å². The number of nitrogens with zero attached hydrogens (tertiary/aromatic N) is 4. The van der Waals surface area contributed by atoms with Gasteiger partial charge in [-0.25, -0.2) is 19.7 Å². The molecule has 3 aromatic heterocycles. The molecule has 3 rings (SSSR count). The molecule has 7 heteroatoms. The van der Waals surface area contributed by atoms with Crippen LogP contribution in [-0.4, -0.2) is 31.2 Å². The van der Waals surface area contributed by atoms with E-state index < -0.39 is 11.7 Å². The molecule has 1 unspecified atom stereocenters. The Balaban J connectivity index is 2.00. The lowest BCUT2D eigenvalue weighted by Crippen LogP contribution is -2.34. The molecule has 3 aromatic rings. The van der Waals surface area contributed by atoms with E-state index in [2.05, 4.69) is 20.3 Å². The van der Waals surface area contributed by atoms with E-state index >= 15 is 0 Å². The summed E-state index contributed by atoms with van der Waals surface area (Å²) in [5.41, 5.74) is 0.863. The maximum Gasteiger partial charge on any atom is 0.408 e. The second-order valence-electron chi connectivity index (χ2n) is 6.71. The maximum atomic E-state index is 12.1. The fraction of sp³-hybridized carbons (Fsp3) is 0.333. The fourth-order valence-electron chi connectivity index (χ4n) is 2.48. The molecule has 0 aromatic carbocycles. The number of fused-ring (bicyclic) bond motifs is 1. The number of carbonyl (C=O) groups is 1. The molecule has 0 aliphatic rings. The minimum Gasteiger partial charge on any atom is -0.444 e. The molecule has 0 saturated heterocycles. The number of pyridine rings is 2. The smallest absolute Gasteiger partial charge is 0.408 e. The number of hydrogen-bond donors (Lipinski definition) is 1. The van der Waals surface area contributed by atoms with E-state index in [1.165, 1.54) is 0 Å². The normalized spacial score (nSPS) is 12.8. The quantitative estimate of drug-likeness (QED) is 0.791. The van der Waals surface area contributed by atoms with Crippen LogP contribution in [0, 0.1) is 0 Å². The van der Waals surface area contributed by atoms with Gasteiger partial charge in [-0.1, -0.05) is 6.07 Å². The highest BCUT2D eigenvalue weighted by Crippen LogP contribution is 2.23. The zero-order chi connectivity index (χ0) is 18.0. The number of hydrogen-bond acceptors (Lipinski definition) is 5. The van der Waals surface area contributed by atoms with E-state index in [-0.39, 0.29) is 6.04 Å². The predicted molar refractivity (Wildman–Crippen MR) is 94.4 cm³/mol. The molecule has 7 nitrogen and oxygen atoms in total. The molecule has 0 spiro atoms. The van der Waals surface area contributed by atoms with Gasteiger partial charge in [-0.15, -0.1) is 0 Å². The van der Waals surface area contributed by atoms with E-state index in [1.807, 2.05) is 62.6 Å². The fourth-order valence-corrected chi connectivity index (χ4v) is 2.48. The van der Waals surface area contributed by atoms with Gasteiger partial charge >= 0.3 is 6.09 Å². The summed E-state index contributed by atoms with van der Waals surface area (Å²) in [5.74, 6) is 1.33. The Kier molecular flexibility index (Phi) is 4.39. The van der Waals surface area contributed by atoms with Gasteiger partial charge < -0.3 is 10.1 Å².